The summed E-state index contributed by atoms with van der Waals surface area (Å²) in [5.41, 5.74) is 3.14. The van der Waals surface area contributed by atoms with Crippen LogP contribution in [0.25, 0.3) is 11.4 Å². The second kappa shape index (κ2) is 8.14. The van der Waals surface area contributed by atoms with Crippen LogP contribution in [0, 0.1) is 13.8 Å². The Balaban J connectivity index is 1.72. The van der Waals surface area contributed by atoms with Crippen LogP contribution in [0.2, 0.25) is 0 Å². The molecule has 0 saturated carbocycles. The summed E-state index contributed by atoms with van der Waals surface area (Å²) in [6.07, 6.45) is 1.66. The van der Waals surface area contributed by atoms with Crippen molar-refractivity contribution in [2.75, 3.05) is 11.1 Å². The van der Waals surface area contributed by atoms with Crippen molar-refractivity contribution in [3.8, 4) is 11.4 Å². The van der Waals surface area contributed by atoms with Crippen LogP contribution in [0.15, 0.2) is 47.8 Å². The quantitative estimate of drug-likeness (QED) is 0.673. The Bertz CT molecular complexity index is 922. The molecule has 0 aliphatic rings. The Morgan fingerprint density at radius 1 is 1.12 bits per heavy atom. The predicted molar refractivity (Wildman–Crippen MR) is 104 cm³/mol. The van der Waals surface area contributed by atoms with Crippen molar-refractivity contribution in [3.05, 3.63) is 53.7 Å². The summed E-state index contributed by atoms with van der Waals surface area (Å²) in [6, 6.07) is 11.8. The molecule has 0 aliphatic heterocycles. The highest BCUT2D eigenvalue weighted by Crippen LogP contribution is 2.26. The Morgan fingerprint density at radius 2 is 1.88 bits per heavy atom. The number of carbonyl (C=O) groups is 1. The lowest BCUT2D eigenvalue weighted by Gasteiger charge is -2.09. The van der Waals surface area contributed by atoms with Crippen LogP contribution in [0.5, 0.6) is 0 Å². The summed E-state index contributed by atoms with van der Waals surface area (Å²) in [5, 5.41) is 12.2. The van der Waals surface area contributed by atoms with Gasteiger partial charge in [0.15, 0.2) is 11.0 Å². The third-order valence-corrected chi connectivity index (χ3v) is 4.99. The van der Waals surface area contributed by atoms with Gasteiger partial charge in [-0.2, -0.15) is 0 Å². The van der Waals surface area contributed by atoms with Crippen LogP contribution < -0.4 is 5.32 Å². The highest BCUT2D eigenvalue weighted by Gasteiger charge is 2.16. The van der Waals surface area contributed by atoms with E-state index in [2.05, 4.69) is 33.5 Å². The van der Waals surface area contributed by atoms with Crippen molar-refractivity contribution in [1.29, 1.82) is 0 Å². The molecule has 3 rings (SSSR count). The van der Waals surface area contributed by atoms with Gasteiger partial charge in [-0.15, -0.1) is 10.2 Å². The minimum absolute atomic E-state index is 0.111. The number of anilines is 1. The largest absolute Gasteiger partial charge is 0.310 e. The highest BCUT2D eigenvalue weighted by molar-refractivity contribution is 7.99. The number of aryl methyl sites for hydroxylation is 2. The number of amides is 1. The van der Waals surface area contributed by atoms with Crippen molar-refractivity contribution >= 4 is 23.5 Å². The van der Waals surface area contributed by atoms with Crippen molar-refractivity contribution in [2.45, 2.75) is 32.5 Å². The molecule has 3 aromatic rings. The third-order valence-electron chi connectivity index (χ3n) is 4.02. The van der Waals surface area contributed by atoms with E-state index in [4.69, 9.17) is 0 Å². The van der Waals surface area contributed by atoms with Crippen LogP contribution in [0.1, 0.15) is 18.1 Å². The van der Waals surface area contributed by atoms with Crippen LogP contribution in [0.3, 0.4) is 0 Å². The molecule has 0 aliphatic carbocycles. The van der Waals surface area contributed by atoms with Gasteiger partial charge >= 0.3 is 0 Å². The summed E-state index contributed by atoms with van der Waals surface area (Å²) in [4.78, 5) is 16.4. The topological polar surface area (TPSA) is 72.7 Å². The third kappa shape index (κ3) is 3.94. The smallest absolute Gasteiger partial charge is 0.236 e. The van der Waals surface area contributed by atoms with Gasteiger partial charge in [0.1, 0.15) is 5.82 Å². The maximum atomic E-state index is 12.2. The number of hydrogen-bond acceptors (Lipinski definition) is 5. The molecule has 1 N–H and O–H groups in total. The maximum absolute atomic E-state index is 12.2. The van der Waals surface area contributed by atoms with Crippen LogP contribution in [-0.4, -0.2) is 31.4 Å². The Morgan fingerprint density at radius 3 is 2.62 bits per heavy atom. The number of rotatable bonds is 6. The number of thioether (sulfide) groups is 1. The van der Waals surface area contributed by atoms with Crippen LogP contribution in [-0.2, 0) is 11.3 Å². The van der Waals surface area contributed by atoms with Crippen molar-refractivity contribution in [3.63, 3.8) is 0 Å². The number of benzene rings is 1. The average molecular weight is 367 g/mol. The zero-order valence-corrected chi connectivity index (χ0v) is 15.9. The van der Waals surface area contributed by atoms with Gasteiger partial charge < -0.3 is 9.88 Å². The summed E-state index contributed by atoms with van der Waals surface area (Å²) >= 11 is 1.38. The van der Waals surface area contributed by atoms with Gasteiger partial charge in [0.25, 0.3) is 0 Å². The Hall–Kier alpha value is -2.67. The molecule has 0 atom stereocenters. The van der Waals surface area contributed by atoms with Crippen molar-refractivity contribution in [1.82, 2.24) is 19.7 Å². The van der Waals surface area contributed by atoms with Crippen LogP contribution >= 0.6 is 11.8 Å². The highest BCUT2D eigenvalue weighted by atomic mass is 32.2. The second-order valence-corrected chi connectivity index (χ2v) is 6.81. The molecule has 0 fully saturated rings. The second-order valence-electron chi connectivity index (χ2n) is 5.87. The van der Waals surface area contributed by atoms with Gasteiger partial charge in [-0.25, -0.2) is 4.98 Å². The van der Waals surface area contributed by atoms with E-state index in [1.165, 1.54) is 11.8 Å². The molecule has 134 valence electrons. The van der Waals surface area contributed by atoms with E-state index in [1.54, 1.807) is 6.20 Å². The first-order valence-electron chi connectivity index (χ1n) is 8.43. The number of carbonyl (C=O) groups excluding carboxylic acids is 1. The first kappa shape index (κ1) is 18.1. The number of nitrogens with zero attached hydrogens (tertiary/aromatic N) is 4. The number of aromatic nitrogens is 4. The predicted octanol–water partition coefficient (Wildman–Crippen LogP) is 3.71. The van der Waals surface area contributed by atoms with Gasteiger partial charge in [-0.1, -0.05) is 42.1 Å². The molecular formula is C19H21N5OS. The average Bonchev–Trinajstić information content (AvgIpc) is 3.05. The Kier molecular flexibility index (Phi) is 5.68. The maximum Gasteiger partial charge on any atom is 0.236 e. The zero-order valence-electron chi connectivity index (χ0n) is 15.1. The van der Waals surface area contributed by atoms with E-state index in [9.17, 15) is 4.79 Å². The van der Waals surface area contributed by atoms with Gasteiger partial charge in [0, 0.05) is 18.3 Å². The summed E-state index contributed by atoms with van der Waals surface area (Å²) < 4.78 is 2.03. The van der Waals surface area contributed by atoms with Crippen LogP contribution in [0.4, 0.5) is 5.82 Å². The minimum Gasteiger partial charge on any atom is -0.310 e. The standard InChI is InChI=1S/C19H21N5OS/c1-4-24-18(15-10-6-5-8-13(15)2)22-23-19(24)26-12-16(25)21-17-14(3)9-7-11-20-17/h5-11H,4,12H2,1-3H3,(H,20,21,25). The van der Waals surface area contributed by atoms with Gasteiger partial charge in [0.2, 0.25) is 5.91 Å². The molecule has 0 spiro atoms. The molecule has 1 amide bonds. The summed E-state index contributed by atoms with van der Waals surface area (Å²) in [6.45, 7) is 6.75. The molecule has 6 nitrogen and oxygen atoms in total. The summed E-state index contributed by atoms with van der Waals surface area (Å²) in [7, 11) is 0. The lowest BCUT2D eigenvalue weighted by molar-refractivity contribution is -0.113. The van der Waals surface area contributed by atoms with Gasteiger partial charge in [-0.05, 0) is 38.0 Å². The Labute approximate surface area is 157 Å². The lowest BCUT2D eigenvalue weighted by Crippen LogP contribution is -2.16. The first-order valence-corrected chi connectivity index (χ1v) is 9.42. The SMILES string of the molecule is CCn1c(SCC(=O)Nc2ncccc2C)nnc1-c1ccccc1C. The molecule has 0 radical (unpaired) electrons. The number of nitrogens with one attached hydrogen (secondary N) is 1. The molecular weight excluding hydrogens is 346 g/mol. The van der Waals surface area contributed by atoms with Gasteiger partial charge in [-0.3, -0.25) is 4.79 Å². The molecule has 26 heavy (non-hydrogen) atoms. The molecule has 0 unspecified atom stereocenters. The van der Waals surface area contributed by atoms with Crippen molar-refractivity contribution in [2.24, 2.45) is 0 Å². The molecule has 1 aromatic carbocycles. The fourth-order valence-electron chi connectivity index (χ4n) is 2.62. The summed E-state index contributed by atoms with van der Waals surface area (Å²) in [5.74, 6) is 1.56. The molecule has 7 heteroatoms. The fraction of sp³-hybridized carbons (Fsp3) is 0.263. The molecule has 2 heterocycles. The minimum atomic E-state index is -0.111. The van der Waals surface area contributed by atoms with Crippen molar-refractivity contribution < 1.29 is 4.79 Å². The fourth-order valence-corrected chi connectivity index (χ4v) is 3.42. The lowest BCUT2D eigenvalue weighted by atomic mass is 10.1. The van der Waals surface area contributed by atoms with Gasteiger partial charge in [0.05, 0.1) is 5.75 Å². The van der Waals surface area contributed by atoms with E-state index in [-0.39, 0.29) is 11.7 Å². The first-order chi connectivity index (χ1) is 12.6. The van der Waals surface area contributed by atoms with E-state index in [0.717, 1.165) is 34.2 Å². The van der Waals surface area contributed by atoms with E-state index in [1.807, 2.05) is 48.7 Å². The zero-order chi connectivity index (χ0) is 18.5. The van der Waals surface area contributed by atoms with E-state index in [0.29, 0.717) is 5.82 Å². The molecule has 0 bridgehead atoms. The molecule has 2 aromatic heterocycles. The monoisotopic (exact) mass is 367 g/mol. The number of hydrogen-bond donors (Lipinski definition) is 1. The number of pyridine rings is 1. The van der Waals surface area contributed by atoms with E-state index < -0.39 is 0 Å². The van der Waals surface area contributed by atoms with E-state index >= 15 is 0 Å². The molecule has 0 saturated heterocycles. The normalized spacial score (nSPS) is 10.7.